The first-order valence-corrected chi connectivity index (χ1v) is 9.01. The molecular formula is C22H19NO6. The third-order valence-corrected chi connectivity index (χ3v) is 4.85. The van der Waals surface area contributed by atoms with Crippen LogP contribution in [0.4, 0.5) is 0 Å². The summed E-state index contributed by atoms with van der Waals surface area (Å²) in [5, 5.41) is 10.6. The fraction of sp³-hybridized carbons (Fsp3) is 0.182. The molecule has 0 aliphatic carbocycles. The minimum atomic E-state index is -0.860. The van der Waals surface area contributed by atoms with Gasteiger partial charge in [-0.3, -0.25) is 9.59 Å². The van der Waals surface area contributed by atoms with Crippen molar-refractivity contribution in [2.75, 3.05) is 7.11 Å². The number of methoxy groups -OCH3 is 1. The predicted octanol–water partition coefficient (Wildman–Crippen LogP) is 3.97. The van der Waals surface area contributed by atoms with E-state index in [0.29, 0.717) is 22.8 Å². The number of carbonyl (C=O) groups excluding carboxylic acids is 2. The van der Waals surface area contributed by atoms with Crippen molar-refractivity contribution in [3.63, 3.8) is 0 Å². The van der Waals surface area contributed by atoms with Crippen LogP contribution in [0.2, 0.25) is 0 Å². The van der Waals surface area contributed by atoms with Crippen LogP contribution in [-0.4, -0.2) is 28.8 Å². The standard InChI is InChI=1S/C22H19NO6/c1-13-9-10-17(29-13)20(24)18-19(15-7-3-4-8-16(15)27-2)23(22(26)21(18)25)12-14-6-5-11-28-14/h3-11,19,25H,12H2,1-2H3. The molecule has 2 aromatic heterocycles. The molecule has 3 heterocycles. The average Bonchev–Trinajstić information content (AvgIpc) is 3.45. The summed E-state index contributed by atoms with van der Waals surface area (Å²) in [6.45, 7) is 1.79. The number of benzene rings is 1. The number of hydrogen-bond acceptors (Lipinski definition) is 6. The lowest BCUT2D eigenvalue weighted by Crippen LogP contribution is -2.30. The molecule has 148 valence electrons. The molecule has 0 bridgehead atoms. The molecule has 0 saturated heterocycles. The Morgan fingerprint density at radius 3 is 2.62 bits per heavy atom. The Kier molecular flexibility index (Phi) is 4.72. The van der Waals surface area contributed by atoms with Crippen LogP contribution in [0.15, 0.2) is 75.0 Å². The SMILES string of the molecule is COc1ccccc1C1C(C(=O)c2ccc(C)o2)=C(O)C(=O)N1Cc1ccco1. The van der Waals surface area contributed by atoms with Gasteiger partial charge in [-0.15, -0.1) is 0 Å². The van der Waals surface area contributed by atoms with Gasteiger partial charge in [0.05, 0.1) is 31.5 Å². The summed E-state index contributed by atoms with van der Waals surface area (Å²) in [5.41, 5.74) is 0.519. The van der Waals surface area contributed by atoms with Crippen molar-refractivity contribution in [3.8, 4) is 5.75 Å². The minimum absolute atomic E-state index is 0.0524. The summed E-state index contributed by atoms with van der Waals surface area (Å²) in [4.78, 5) is 27.5. The summed E-state index contributed by atoms with van der Waals surface area (Å²) in [6.07, 6.45) is 1.50. The number of nitrogens with zero attached hydrogens (tertiary/aromatic N) is 1. The molecule has 1 N–H and O–H groups in total. The van der Waals surface area contributed by atoms with E-state index in [1.807, 2.05) is 0 Å². The smallest absolute Gasteiger partial charge is 0.290 e. The highest BCUT2D eigenvalue weighted by Crippen LogP contribution is 2.43. The van der Waals surface area contributed by atoms with Gasteiger partial charge in [-0.2, -0.15) is 0 Å². The van der Waals surface area contributed by atoms with Crippen LogP contribution in [0, 0.1) is 6.92 Å². The van der Waals surface area contributed by atoms with Crippen LogP contribution in [0.25, 0.3) is 0 Å². The number of hydrogen-bond donors (Lipinski definition) is 1. The summed E-state index contributed by atoms with van der Waals surface area (Å²) >= 11 is 0. The van der Waals surface area contributed by atoms with E-state index in [9.17, 15) is 14.7 Å². The Hall–Kier alpha value is -3.74. The molecule has 4 rings (SSSR count). The maximum Gasteiger partial charge on any atom is 0.290 e. The van der Waals surface area contributed by atoms with Gasteiger partial charge in [0.25, 0.3) is 5.91 Å². The van der Waals surface area contributed by atoms with E-state index in [4.69, 9.17) is 13.6 Å². The number of furan rings is 2. The molecule has 1 aliphatic heterocycles. The van der Waals surface area contributed by atoms with Crippen LogP contribution < -0.4 is 4.74 Å². The Morgan fingerprint density at radius 2 is 1.97 bits per heavy atom. The van der Waals surface area contributed by atoms with Gasteiger partial charge in [-0.1, -0.05) is 18.2 Å². The highest BCUT2D eigenvalue weighted by molar-refractivity contribution is 6.15. The summed E-state index contributed by atoms with van der Waals surface area (Å²) in [5.74, 6) is -0.202. The second-order valence-electron chi connectivity index (χ2n) is 6.66. The van der Waals surface area contributed by atoms with E-state index in [0.717, 1.165) is 0 Å². The number of carbonyl (C=O) groups is 2. The highest BCUT2D eigenvalue weighted by atomic mass is 16.5. The molecule has 0 radical (unpaired) electrons. The Morgan fingerprint density at radius 1 is 1.17 bits per heavy atom. The first-order chi connectivity index (χ1) is 14.0. The molecule has 7 heteroatoms. The molecule has 1 aliphatic rings. The number of aryl methyl sites for hydroxylation is 1. The van der Waals surface area contributed by atoms with Crippen LogP contribution in [0.1, 0.15) is 33.7 Å². The van der Waals surface area contributed by atoms with Gasteiger partial charge in [0.15, 0.2) is 11.5 Å². The average molecular weight is 393 g/mol. The second kappa shape index (κ2) is 7.35. The number of ether oxygens (including phenoxy) is 1. The van der Waals surface area contributed by atoms with Crippen molar-refractivity contribution in [1.82, 2.24) is 4.90 Å². The van der Waals surface area contributed by atoms with Crippen LogP contribution >= 0.6 is 0 Å². The zero-order valence-corrected chi connectivity index (χ0v) is 15.9. The number of rotatable bonds is 6. The van der Waals surface area contributed by atoms with Crippen LogP contribution in [0.3, 0.4) is 0 Å². The zero-order valence-electron chi connectivity index (χ0n) is 15.9. The van der Waals surface area contributed by atoms with E-state index in [-0.39, 0.29) is 17.9 Å². The fourth-order valence-corrected chi connectivity index (χ4v) is 3.52. The Bertz CT molecular complexity index is 1090. The Balaban J connectivity index is 1.84. The first-order valence-electron chi connectivity index (χ1n) is 9.01. The minimum Gasteiger partial charge on any atom is -0.503 e. The lowest BCUT2D eigenvalue weighted by molar-refractivity contribution is -0.130. The van der Waals surface area contributed by atoms with Crippen molar-refractivity contribution in [2.24, 2.45) is 0 Å². The quantitative estimate of drug-likeness (QED) is 0.637. The maximum absolute atomic E-state index is 13.2. The number of aliphatic hydroxyl groups excluding tert-OH is 1. The van der Waals surface area contributed by atoms with Crippen LogP contribution in [0.5, 0.6) is 5.75 Å². The molecule has 1 unspecified atom stereocenters. The van der Waals surface area contributed by atoms with Gasteiger partial charge in [0.2, 0.25) is 5.78 Å². The van der Waals surface area contributed by atoms with E-state index >= 15 is 0 Å². The largest absolute Gasteiger partial charge is 0.503 e. The molecule has 0 saturated carbocycles. The fourth-order valence-electron chi connectivity index (χ4n) is 3.52. The molecule has 7 nitrogen and oxygen atoms in total. The van der Waals surface area contributed by atoms with Crippen molar-refractivity contribution in [1.29, 1.82) is 0 Å². The molecule has 1 aromatic carbocycles. The molecule has 29 heavy (non-hydrogen) atoms. The van der Waals surface area contributed by atoms with E-state index in [1.165, 1.54) is 24.3 Å². The van der Waals surface area contributed by atoms with Crippen molar-refractivity contribution >= 4 is 11.7 Å². The number of aliphatic hydroxyl groups is 1. The maximum atomic E-state index is 13.2. The van der Waals surface area contributed by atoms with Gasteiger partial charge in [0.1, 0.15) is 17.3 Å². The predicted molar refractivity (Wildman–Crippen MR) is 102 cm³/mol. The molecule has 1 atom stereocenters. The molecule has 1 amide bonds. The summed E-state index contributed by atoms with van der Waals surface area (Å²) < 4.78 is 16.3. The summed E-state index contributed by atoms with van der Waals surface area (Å²) in [7, 11) is 1.51. The number of Topliss-reactive ketones (excluding diaryl/α,β-unsaturated/α-hetero) is 1. The number of para-hydroxylation sites is 1. The van der Waals surface area contributed by atoms with Crippen molar-refractivity contribution in [3.05, 3.63) is 89.0 Å². The monoisotopic (exact) mass is 393 g/mol. The lowest BCUT2D eigenvalue weighted by atomic mass is 9.94. The van der Waals surface area contributed by atoms with Crippen molar-refractivity contribution in [2.45, 2.75) is 19.5 Å². The molecular weight excluding hydrogens is 374 g/mol. The third-order valence-electron chi connectivity index (χ3n) is 4.85. The van der Waals surface area contributed by atoms with Crippen LogP contribution in [-0.2, 0) is 11.3 Å². The van der Waals surface area contributed by atoms with E-state index < -0.39 is 23.5 Å². The first kappa shape index (κ1) is 18.6. The highest BCUT2D eigenvalue weighted by Gasteiger charge is 2.45. The summed E-state index contributed by atoms with van der Waals surface area (Å²) in [6, 6.07) is 12.8. The lowest BCUT2D eigenvalue weighted by Gasteiger charge is -2.27. The van der Waals surface area contributed by atoms with Gasteiger partial charge in [-0.05, 0) is 37.3 Å². The second-order valence-corrected chi connectivity index (χ2v) is 6.66. The number of ketones is 1. The van der Waals surface area contributed by atoms with Crippen molar-refractivity contribution < 1.29 is 28.3 Å². The van der Waals surface area contributed by atoms with E-state index in [2.05, 4.69) is 0 Å². The third kappa shape index (κ3) is 3.20. The molecule has 3 aromatic rings. The van der Waals surface area contributed by atoms with Gasteiger partial charge in [-0.25, -0.2) is 0 Å². The topological polar surface area (TPSA) is 93.1 Å². The van der Waals surface area contributed by atoms with E-state index in [1.54, 1.807) is 49.4 Å². The van der Waals surface area contributed by atoms with Gasteiger partial charge < -0.3 is 23.6 Å². The molecule has 0 spiro atoms. The van der Waals surface area contributed by atoms with Gasteiger partial charge >= 0.3 is 0 Å². The molecule has 0 fully saturated rings. The Labute approximate surface area is 166 Å². The normalized spacial score (nSPS) is 16.6. The zero-order chi connectivity index (χ0) is 20.5. The van der Waals surface area contributed by atoms with Gasteiger partial charge in [0, 0.05) is 5.56 Å². The number of amides is 1.